The van der Waals surface area contributed by atoms with Crippen LogP contribution in [0.1, 0.15) is 52.2 Å². The van der Waals surface area contributed by atoms with Crippen molar-refractivity contribution in [2.45, 2.75) is 46.5 Å². The SMILES string of the molecule is CC(C)(C)CC(C)(C)c1ccc(OCC(=O)N/N=C/c2ccc(F)cc2)cc1. The minimum Gasteiger partial charge on any atom is -0.484 e. The highest BCUT2D eigenvalue weighted by molar-refractivity contribution is 5.82. The molecular formula is C23H29FN2O2. The minimum absolute atomic E-state index is 0.0588. The van der Waals surface area contributed by atoms with Gasteiger partial charge in [0.2, 0.25) is 0 Å². The number of hydrogen-bond donors (Lipinski definition) is 1. The third-order valence-corrected chi connectivity index (χ3v) is 4.25. The van der Waals surface area contributed by atoms with Crippen molar-refractivity contribution in [1.82, 2.24) is 5.43 Å². The van der Waals surface area contributed by atoms with E-state index >= 15 is 0 Å². The minimum atomic E-state index is -0.365. The summed E-state index contributed by atoms with van der Waals surface area (Å²) < 4.78 is 18.3. The summed E-state index contributed by atoms with van der Waals surface area (Å²) in [4.78, 5) is 11.8. The molecule has 2 aromatic rings. The standard InChI is InChI=1S/C23H29FN2O2/c1-22(2,3)16-23(4,5)18-8-12-20(13-9-18)28-15-21(27)26-25-14-17-6-10-19(24)11-7-17/h6-14H,15-16H2,1-5H3,(H,26,27)/b25-14+. The molecule has 2 aromatic carbocycles. The largest absolute Gasteiger partial charge is 0.484 e. The molecule has 0 unspecified atom stereocenters. The fraction of sp³-hybridized carbons (Fsp3) is 0.391. The number of carbonyl (C=O) groups excluding carboxylic acids is 1. The second kappa shape index (κ2) is 9.00. The highest BCUT2D eigenvalue weighted by Crippen LogP contribution is 2.36. The summed E-state index contributed by atoms with van der Waals surface area (Å²) in [6, 6.07) is 13.7. The van der Waals surface area contributed by atoms with E-state index in [9.17, 15) is 9.18 Å². The number of halogens is 1. The molecule has 0 heterocycles. The Bertz CT molecular complexity index is 804. The summed E-state index contributed by atoms with van der Waals surface area (Å²) in [6.07, 6.45) is 2.51. The molecule has 0 aromatic heterocycles. The molecule has 0 aliphatic carbocycles. The fourth-order valence-corrected chi connectivity index (χ4v) is 3.34. The molecule has 0 atom stereocenters. The molecule has 2 rings (SSSR count). The smallest absolute Gasteiger partial charge is 0.277 e. The molecule has 28 heavy (non-hydrogen) atoms. The summed E-state index contributed by atoms with van der Waals surface area (Å²) in [5, 5.41) is 3.84. The Morgan fingerprint density at radius 1 is 1.04 bits per heavy atom. The van der Waals surface area contributed by atoms with Gasteiger partial charge in [-0.15, -0.1) is 0 Å². The van der Waals surface area contributed by atoms with Crippen LogP contribution in [-0.2, 0) is 10.2 Å². The number of rotatable bonds is 7. The average Bonchev–Trinajstić information content (AvgIpc) is 2.60. The summed E-state index contributed by atoms with van der Waals surface area (Å²) in [7, 11) is 0. The van der Waals surface area contributed by atoms with E-state index in [-0.39, 0.29) is 29.2 Å². The topological polar surface area (TPSA) is 50.7 Å². The number of ether oxygens (including phenoxy) is 1. The van der Waals surface area contributed by atoms with Crippen molar-refractivity contribution in [2.75, 3.05) is 6.61 Å². The third kappa shape index (κ3) is 7.14. The Kier molecular flexibility index (Phi) is 6.95. The maximum Gasteiger partial charge on any atom is 0.277 e. The van der Waals surface area contributed by atoms with Crippen LogP contribution in [0, 0.1) is 11.2 Å². The van der Waals surface area contributed by atoms with Crippen LogP contribution >= 0.6 is 0 Å². The summed E-state index contributed by atoms with van der Waals surface area (Å²) in [5.74, 6) is -0.0501. The first-order chi connectivity index (χ1) is 13.0. The number of nitrogens with one attached hydrogen (secondary N) is 1. The first kappa shape index (κ1) is 21.6. The number of hydrogen-bond acceptors (Lipinski definition) is 3. The fourth-order valence-electron chi connectivity index (χ4n) is 3.34. The lowest BCUT2D eigenvalue weighted by Crippen LogP contribution is -2.25. The van der Waals surface area contributed by atoms with E-state index < -0.39 is 0 Å². The molecule has 0 saturated carbocycles. The van der Waals surface area contributed by atoms with Crippen molar-refractivity contribution in [1.29, 1.82) is 0 Å². The molecule has 150 valence electrons. The Balaban J connectivity index is 1.84. The summed E-state index contributed by atoms with van der Waals surface area (Å²) in [5.41, 5.74) is 4.62. The van der Waals surface area contributed by atoms with E-state index in [0.717, 1.165) is 6.42 Å². The van der Waals surface area contributed by atoms with Gasteiger partial charge in [0.25, 0.3) is 5.91 Å². The van der Waals surface area contributed by atoms with Crippen molar-refractivity contribution in [3.63, 3.8) is 0 Å². The van der Waals surface area contributed by atoms with Gasteiger partial charge >= 0.3 is 0 Å². The lowest BCUT2D eigenvalue weighted by atomic mass is 9.72. The normalized spacial score (nSPS) is 12.2. The first-order valence-electron chi connectivity index (χ1n) is 9.36. The molecule has 1 amide bonds. The van der Waals surface area contributed by atoms with Gasteiger partial charge in [-0.25, -0.2) is 9.82 Å². The first-order valence-corrected chi connectivity index (χ1v) is 9.36. The molecule has 4 nitrogen and oxygen atoms in total. The van der Waals surface area contributed by atoms with Crippen molar-refractivity contribution < 1.29 is 13.9 Å². The van der Waals surface area contributed by atoms with Gasteiger partial charge < -0.3 is 4.74 Å². The molecule has 0 bridgehead atoms. The van der Waals surface area contributed by atoms with Gasteiger partial charge in [0.15, 0.2) is 6.61 Å². The number of carbonyl (C=O) groups is 1. The van der Waals surface area contributed by atoms with E-state index in [1.807, 2.05) is 24.3 Å². The molecular weight excluding hydrogens is 355 g/mol. The van der Waals surface area contributed by atoms with Crippen LogP contribution in [0.3, 0.4) is 0 Å². The van der Waals surface area contributed by atoms with E-state index in [0.29, 0.717) is 11.3 Å². The van der Waals surface area contributed by atoms with Gasteiger partial charge in [-0.3, -0.25) is 4.79 Å². The number of hydrazone groups is 1. The molecule has 0 aliphatic heterocycles. The molecule has 5 heteroatoms. The van der Waals surface area contributed by atoms with Crippen molar-refractivity contribution >= 4 is 12.1 Å². The van der Waals surface area contributed by atoms with Crippen molar-refractivity contribution in [3.05, 3.63) is 65.5 Å². The van der Waals surface area contributed by atoms with Crippen LogP contribution in [-0.4, -0.2) is 18.7 Å². The van der Waals surface area contributed by atoms with Crippen LogP contribution in [0.15, 0.2) is 53.6 Å². The molecule has 0 fully saturated rings. The van der Waals surface area contributed by atoms with Crippen LogP contribution in [0.2, 0.25) is 0 Å². The predicted octanol–water partition coefficient (Wildman–Crippen LogP) is 5.07. The van der Waals surface area contributed by atoms with Gasteiger partial charge in [0.1, 0.15) is 11.6 Å². The summed E-state index contributed by atoms with van der Waals surface area (Å²) in [6.45, 7) is 11.1. The maximum atomic E-state index is 12.8. The maximum absolute atomic E-state index is 12.8. The van der Waals surface area contributed by atoms with Crippen molar-refractivity contribution in [2.24, 2.45) is 10.5 Å². The monoisotopic (exact) mass is 384 g/mol. The Morgan fingerprint density at radius 2 is 1.64 bits per heavy atom. The van der Waals surface area contributed by atoms with Gasteiger partial charge in [-0.05, 0) is 52.6 Å². The summed E-state index contributed by atoms with van der Waals surface area (Å²) >= 11 is 0. The van der Waals surface area contributed by atoms with Gasteiger partial charge in [-0.1, -0.05) is 58.9 Å². The number of benzene rings is 2. The second-order valence-corrected chi connectivity index (χ2v) is 8.78. The van der Waals surface area contributed by atoms with E-state index in [1.54, 1.807) is 12.1 Å². The van der Waals surface area contributed by atoms with Gasteiger partial charge in [0.05, 0.1) is 6.21 Å². The van der Waals surface area contributed by atoms with Crippen LogP contribution in [0.25, 0.3) is 0 Å². The molecule has 0 spiro atoms. The quantitative estimate of drug-likeness (QED) is 0.535. The van der Waals surface area contributed by atoms with Gasteiger partial charge in [-0.2, -0.15) is 5.10 Å². The molecule has 0 aliphatic rings. The number of amides is 1. The van der Waals surface area contributed by atoms with Crippen LogP contribution < -0.4 is 10.2 Å². The third-order valence-electron chi connectivity index (χ3n) is 4.25. The van der Waals surface area contributed by atoms with Crippen LogP contribution in [0.4, 0.5) is 4.39 Å². The number of nitrogens with zero attached hydrogens (tertiary/aromatic N) is 1. The Labute approximate surface area is 166 Å². The predicted molar refractivity (Wildman–Crippen MR) is 111 cm³/mol. The van der Waals surface area contributed by atoms with E-state index in [4.69, 9.17) is 4.74 Å². The van der Waals surface area contributed by atoms with Crippen LogP contribution in [0.5, 0.6) is 5.75 Å². The Morgan fingerprint density at radius 3 is 2.21 bits per heavy atom. The zero-order valence-electron chi connectivity index (χ0n) is 17.3. The van der Waals surface area contributed by atoms with Crippen molar-refractivity contribution in [3.8, 4) is 5.75 Å². The highest BCUT2D eigenvalue weighted by atomic mass is 19.1. The molecule has 0 radical (unpaired) electrons. The highest BCUT2D eigenvalue weighted by Gasteiger charge is 2.27. The lowest BCUT2D eigenvalue weighted by Gasteiger charge is -2.33. The van der Waals surface area contributed by atoms with E-state index in [2.05, 4.69) is 45.1 Å². The second-order valence-electron chi connectivity index (χ2n) is 8.78. The average molecular weight is 384 g/mol. The lowest BCUT2D eigenvalue weighted by molar-refractivity contribution is -0.123. The molecule has 1 N–H and O–H groups in total. The zero-order chi connectivity index (χ0) is 20.8. The zero-order valence-corrected chi connectivity index (χ0v) is 17.3. The Hall–Kier alpha value is -2.69. The molecule has 0 saturated heterocycles. The van der Waals surface area contributed by atoms with Gasteiger partial charge in [0, 0.05) is 0 Å². The van der Waals surface area contributed by atoms with E-state index in [1.165, 1.54) is 23.9 Å².